The Kier molecular flexibility index (Phi) is 5.01. The van der Waals surface area contributed by atoms with E-state index in [0.717, 1.165) is 5.69 Å². The number of aromatic nitrogens is 2. The Hall–Kier alpha value is -3.18. The first-order valence-corrected chi connectivity index (χ1v) is 9.52. The molecule has 146 valence electrons. The van der Waals surface area contributed by atoms with Crippen molar-refractivity contribution in [2.75, 3.05) is 0 Å². The largest absolute Gasteiger partial charge is 0.284 e. The second-order valence-corrected chi connectivity index (χ2v) is 6.41. The SMILES string of the molecule is [2H]C([2H])(Br)c1ccc(=O)n(-c2ccccc2)c1.[2H]C([2H])([2H])c1ccc(=O)n(-c2ccccc2)c1. The molecule has 5 heteroatoms. The lowest BCUT2D eigenvalue weighted by Gasteiger charge is -2.06. The first-order chi connectivity index (χ1) is 16.0. The van der Waals surface area contributed by atoms with Gasteiger partial charge in [-0.3, -0.25) is 18.7 Å². The maximum absolute atomic E-state index is 11.7. The highest BCUT2D eigenvalue weighted by Gasteiger charge is 1.99. The van der Waals surface area contributed by atoms with Crippen LogP contribution in [0.15, 0.2) is 107 Å². The van der Waals surface area contributed by atoms with E-state index in [-0.39, 0.29) is 16.7 Å². The summed E-state index contributed by atoms with van der Waals surface area (Å²) in [5.74, 6) is 0. The van der Waals surface area contributed by atoms with Gasteiger partial charge in [-0.05, 0) is 42.2 Å². The van der Waals surface area contributed by atoms with Gasteiger partial charge in [0.15, 0.2) is 0 Å². The Morgan fingerprint density at radius 1 is 0.759 bits per heavy atom. The third-order valence-corrected chi connectivity index (χ3v) is 4.46. The molecule has 4 rings (SSSR count). The summed E-state index contributed by atoms with van der Waals surface area (Å²) >= 11 is 2.94. The predicted octanol–water partition coefficient (Wildman–Crippen LogP) is 4.88. The van der Waals surface area contributed by atoms with E-state index in [1.165, 1.54) is 45.8 Å². The van der Waals surface area contributed by atoms with Gasteiger partial charge in [-0.2, -0.15) is 0 Å². The highest BCUT2D eigenvalue weighted by atomic mass is 79.9. The number of alkyl halides is 1. The quantitative estimate of drug-likeness (QED) is 0.415. The summed E-state index contributed by atoms with van der Waals surface area (Å²) in [5.41, 5.74) is 1.50. The Morgan fingerprint density at radius 3 is 1.79 bits per heavy atom. The van der Waals surface area contributed by atoms with E-state index in [4.69, 9.17) is 6.85 Å². The average molecular weight is 454 g/mol. The molecule has 0 atom stereocenters. The maximum atomic E-state index is 11.7. The van der Waals surface area contributed by atoms with Gasteiger partial charge in [-0.1, -0.05) is 64.5 Å². The summed E-state index contributed by atoms with van der Waals surface area (Å²) < 4.78 is 39.9. The second kappa shape index (κ2) is 9.85. The molecule has 0 amide bonds. The molecular weight excluding hydrogens is 428 g/mol. The van der Waals surface area contributed by atoms with Gasteiger partial charge in [0.2, 0.25) is 0 Å². The van der Waals surface area contributed by atoms with Crippen LogP contribution in [0.25, 0.3) is 11.4 Å². The number of hydrogen-bond donors (Lipinski definition) is 0. The molecule has 0 radical (unpaired) electrons. The van der Waals surface area contributed by atoms with Crippen molar-refractivity contribution in [2.24, 2.45) is 0 Å². The van der Waals surface area contributed by atoms with Crippen LogP contribution in [0.3, 0.4) is 0 Å². The molecular formula is C24H21BrN2O2. The fraction of sp³-hybridized carbons (Fsp3) is 0.0833. The minimum atomic E-state index is -2.20. The van der Waals surface area contributed by atoms with Crippen molar-refractivity contribution in [1.29, 1.82) is 0 Å². The number of hydrogen-bond acceptors (Lipinski definition) is 2. The zero-order chi connectivity index (χ0) is 24.9. The van der Waals surface area contributed by atoms with Crippen molar-refractivity contribution in [1.82, 2.24) is 9.13 Å². The van der Waals surface area contributed by atoms with Gasteiger partial charge >= 0.3 is 0 Å². The monoisotopic (exact) mass is 453 g/mol. The molecule has 0 unspecified atom stereocenters. The van der Waals surface area contributed by atoms with Crippen molar-refractivity contribution < 1.29 is 6.85 Å². The number of nitrogens with zero attached hydrogens (tertiary/aromatic N) is 2. The molecule has 0 spiro atoms. The molecule has 0 aliphatic rings. The number of pyridine rings is 2. The van der Waals surface area contributed by atoms with Crippen LogP contribution in [0, 0.1) is 6.85 Å². The number of benzene rings is 2. The lowest BCUT2D eigenvalue weighted by atomic mass is 10.3. The van der Waals surface area contributed by atoms with Gasteiger partial charge in [0.25, 0.3) is 11.1 Å². The third-order valence-electron chi connectivity index (χ3n) is 4.00. The Bertz CT molecular complexity index is 1260. The molecule has 0 saturated heterocycles. The van der Waals surface area contributed by atoms with Gasteiger partial charge in [0.1, 0.15) is 0 Å². The lowest BCUT2D eigenvalue weighted by Crippen LogP contribution is -2.16. The molecule has 4 aromatic rings. The van der Waals surface area contributed by atoms with Crippen LogP contribution < -0.4 is 11.1 Å². The van der Waals surface area contributed by atoms with Crippen LogP contribution in [0.5, 0.6) is 0 Å². The van der Waals surface area contributed by atoms with Crippen molar-refractivity contribution in [3.05, 3.63) is 129 Å². The van der Waals surface area contributed by atoms with Crippen LogP contribution in [-0.2, 0) is 5.28 Å². The summed E-state index contributed by atoms with van der Waals surface area (Å²) in [7, 11) is 0. The number of halogens is 1. The minimum Gasteiger partial charge on any atom is -0.284 e. The molecule has 29 heavy (non-hydrogen) atoms. The van der Waals surface area contributed by atoms with Gasteiger partial charge in [-0.15, -0.1) is 0 Å². The standard InChI is InChI=1S/C12H10BrNO.C12H11NO/c13-8-10-6-7-12(15)14(9-10)11-4-2-1-3-5-11;1-10-7-8-12(14)13(9-10)11-5-3-2-4-6-11/h1-7,9H,8H2;2-9H,1H3/i8D2;1D3. The molecule has 2 heterocycles. The maximum Gasteiger partial charge on any atom is 0.255 e. The molecule has 2 aromatic heterocycles. The van der Waals surface area contributed by atoms with Crippen LogP contribution in [0.1, 0.15) is 18.0 Å². The zero-order valence-electron chi connectivity index (χ0n) is 20.3. The molecule has 0 bridgehead atoms. The average Bonchev–Trinajstić information content (AvgIpc) is 2.80. The smallest absolute Gasteiger partial charge is 0.255 e. The summed E-state index contributed by atoms with van der Waals surface area (Å²) in [6.07, 6.45) is 2.87. The van der Waals surface area contributed by atoms with E-state index >= 15 is 0 Å². The van der Waals surface area contributed by atoms with Crippen LogP contribution >= 0.6 is 15.9 Å². The van der Waals surface area contributed by atoms with Crippen molar-refractivity contribution >= 4 is 15.9 Å². The molecule has 0 aliphatic carbocycles. The fourth-order valence-electron chi connectivity index (χ4n) is 2.61. The lowest BCUT2D eigenvalue weighted by molar-refractivity contribution is 0.975. The molecule has 0 aliphatic heterocycles. The van der Waals surface area contributed by atoms with Crippen molar-refractivity contribution in [2.45, 2.75) is 12.1 Å². The Balaban J connectivity index is 0.000000191. The van der Waals surface area contributed by atoms with Gasteiger partial charge in [0.05, 0.1) is 0 Å². The van der Waals surface area contributed by atoms with E-state index < -0.39 is 12.1 Å². The van der Waals surface area contributed by atoms with Crippen molar-refractivity contribution in [3.63, 3.8) is 0 Å². The number of rotatable bonds is 3. The molecule has 0 N–H and O–H groups in total. The summed E-state index contributed by atoms with van der Waals surface area (Å²) in [6.45, 7) is -2.20. The fourth-order valence-corrected chi connectivity index (χ4v) is 2.85. The van der Waals surface area contributed by atoms with E-state index in [1.807, 2.05) is 24.3 Å². The number of para-hydroxylation sites is 2. The van der Waals surface area contributed by atoms with E-state index in [9.17, 15) is 9.59 Å². The van der Waals surface area contributed by atoms with Crippen molar-refractivity contribution in [3.8, 4) is 11.4 Å². The van der Waals surface area contributed by atoms with Gasteiger partial charge in [-0.25, -0.2) is 0 Å². The van der Waals surface area contributed by atoms with Gasteiger partial charge in [0, 0.05) is 48.0 Å². The topological polar surface area (TPSA) is 44.0 Å². The predicted molar refractivity (Wildman–Crippen MR) is 121 cm³/mol. The summed E-state index contributed by atoms with van der Waals surface area (Å²) in [5, 5.41) is -1.64. The normalized spacial score (nSPS) is 13.6. The molecule has 0 saturated carbocycles. The highest BCUT2D eigenvalue weighted by molar-refractivity contribution is 9.08. The molecule has 2 aromatic carbocycles. The Morgan fingerprint density at radius 2 is 1.28 bits per heavy atom. The molecule has 0 fully saturated rings. The summed E-state index contributed by atoms with van der Waals surface area (Å²) in [4.78, 5) is 23.4. The third kappa shape index (κ3) is 5.42. The first kappa shape index (κ1) is 14.8. The van der Waals surface area contributed by atoms with Crippen LogP contribution in [0.2, 0.25) is 0 Å². The van der Waals surface area contributed by atoms with Crippen LogP contribution in [0.4, 0.5) is 0 Å². The van der Waals surface area contributed by atoms with Crippen LogP contribution in [-0.4, -0.2) is 9.13 Å². The van der Waals surface area contributed by atoms with Gasteiger partial charge < -0.3 is 0 Å². The second-order valence-electron chi connectivity index (χ2n) is 6.02. The molecule has 4 nitrogen and oxygen atoms in total. The minimum absolute atomic E-state index is 0.154. The number of aryl methyl sites for hydroxylation is 1. The Labute approximate surface area is 184 Å². The zero-order valence-corrected chi connectivity index (χ0v) is 16.9. The highest BCUT2D eigenvalue weighted by Crippen LogP contribution is 2.08. The summed E-state index contributed by atoms with van der Waals surface area (Å²) in [6, 6.07) is 23.5. The van der Waals surface area contributed by atoms with E-state index in [2.05, 4.69) is 15.9 Å². The van der Waals surface area contributed by atoms with E-state index in [1.54, 1.807) is 36.4 Å². The first-order valence-electron chi connectivity index (χ1n) is 11.2. The van der Waals surface area contributed by atoms with E-state index in [0.29, 0.717) is 11.3 Å².